The van der Waals surface area contributed by atoms with Gasteiger partial charge in [-0.05, 0) is 12.1 Å². The number of aromatic nitrogens is 2. The first-order valence-electron chi connectivity index (χ1n) is 5.91. The molecule has 0 unspecified atom stereocenters. The third-order valence-corrected chi connectivity index (χ3v) is 2.81. The highest BCUT2D eigenvalue weighted by Gasteiger charge is 2.15. The number of esters is 1. The van der Waals surface area contributed by atoms with Crippen LogP contribution in [-0.2, 0) is 4.74 Å². The number of rotatable bonds is 3. The molecule has 8 nitrogen and oxygen atoms in total. The number of methoxy groups -OCH3 is 1. The van der Waals surface area contributed by atoms with Crippen molar-refractivity contribution in [3.8, 4) is 18.2 Å². The predicted octanol–water partition coefficient (Wildman–Crippen LogP) is 1.59. The molecule has 1 heterocycles. The van der Waals surface area contributed by atoms with E-state index in [4.69, 9.17) is 20.5 Å². The van der Waals surface area contributed by atoms with Gasteiger partial charge in [0.05, 0.1) is 24.4 Å². The van der Waals surface area contributed by atoms with Crippen molar-refractivity contribution in [3.63, 3.8) is 0 Å². The molecule has 0 aliphatic heterocycles. The number of aromatic amines is 1. The summed E-state index contributed by atoms with van der Waals surface area (Å²) in [5.41, 5.74) is 0.500. The molecule has 1 aromatic heterocycles. The Morgan fingerprint density at radius 1 is 1.27 bits per heavy atom. The summed E-state index contributed by atoms with van der Waals surface area (Å²) in [6, 6.07) is 8.06. The highest BCUT2D eigenvalue weighted by atomic mass is 16.5. The first-order chi connectivity index (χ1) is 10.6. The maximum absolute atomic E-state index is 11.8. The number of H-pyrrole nitrogens is 1. The molecular formula is C14H8N6O2. The first kappa shape index (κ1) is 14.6. The number of nitriles is 3. The van der Waals surface area contributed by atoms with E-state index in [9.17, 15) is 4.79 Å². The number of hydrogen-bond donors (Lipinski definition) is 2. The summed E-state index contributed by atoms with van der Waals surface area (Å²) in [6.07, 6.45) is 1.50. The fraction of sp³-hybridized carbons (Fsp3) is 0.0714. The van der Waals surface area contributed by atoms with Gasteiger partial charge in [0, 0.05) is 11.1 Å². The minimum Gasteiger partial charge on any atom is -0.465 e. The number of anilines is 1. The van der Waals surface area contributed by atoms with Crippen LogP contribution in [0.5, 0.6) is 0 Å². The predicted molar refractivity (Wildman–Crippen MR) is 74.9 cm³/mol. The lowest BCUT2D eigenvalue weighted by molar-refractivity contribution is 0.0603. The van der Waals surface area contributed by atoms with Crippen LogP contribution >= 0.6 is 0 Å². The average Bonchev–Trinajstić information content (AvgIpc) is 3.01. The molecule has 22 heavy (non-hydrogen) atoms. The Bertz CT molecular complexity index is 888. The van der Waals surface area contributed by atoms with E-state index in [0.29, 0.717) is 16.6 Å². The van der Waals surface area contributed by atoms with Gasteiger partial charge >= 0.3 is 5.97 Å². The first-order valence-corrected chi connectivity index (χ1v) is 5.91. The lowest BCUT2D eigenvalue weighted by atomic mass is 10.1. The molecule has 0 aliphatic carbocycles. The fourth-order valence-electron chi connectivity index (χ4n) is 1.83. The highest BCUT2D eigenvalue weighted by Crippen LogP contribution is 2.24. The zero-order chi connectivity index (χ0) is 16.1. The van der Waals surface area contributed by atoms with Crippen LogP contribution in [0.1, 0.15) is 10.4 Å². The van der Waals surface area contributed by atoms with Crippen molar-refractivity contribution < 1.29 is 9.53 Å². The third kappa shape index (κ3) is 2.55. The Morgan fingerprint density at radius 3 is 2.59 bits per heavy atom. The van der Waals surface area contributed by atoms with Gasteiger partial charge in [0.25, 0.3) is 0 Å². The number of nitrogens with zero attached hydrogens (tertiary/aromatic N) is 4. The summed E-state index contributed by atoms with van der Waals surface area (Å²) >= 11 is 0. The molecule has 106 valence electrons. The second-order valence-corrected chi connectivity index (χ2v) is 4.06. The molecule has 0 radical (unpaired) electrons. The van der Waals surface area contributed by atoms with E-state index in [1.54, 1.807) is 24.3 Å². The smallest absolute Gasteiger partial charge is 0.340 e. The van der Waals surface area contributed by atoms with Crippen molar-refractivity contribution in [1.82, 2.24) is 10.2 Å². The summed E-state index contributed by atoms with van der Waals surface area (Å²) in [6.45, 7) is 0. The van der Waals surface area contributed by atoms with Crippen molar-refractivity contribution in [3.05, 3.63) is 35.2 Å². The molecule has 0 aliphatic rings. The summed E-state index contributed by atoms with van der Waals surface area (Å²) in [5, 5.41) is 36.5. The second-order valence-electron chi connectivity index (χ2n) is 4.06. The molecule has 0 atom stereocenters. The number of allylic oxidation sites excluding steroid dienone is 2. The SMILES string of the molecule is COC(=O)c1cc(NC(C#N)=C(C#N)C#N)cc2cn[nH]c12. The number of carbonyl (C=O) groups excluding carboxylic acids is 1. The fourth-order valence-corrected chi connectivity index (χ4v) is 1.83. The molecule has 1 aromatic carbocycles. The number of hydrogen-bond acceptors (Lipinski definition) is 7. The summed E-state index contributed by atoms with van der Waals surface area (Å²) < 4.78 is 4.69. The molecule has 0 spiro atoms. The number of benzene rings is 1. The monoisotopic (exact) mass is 292 g/mol. The van der Waals surface area contributed by atoms with Gasteiger partial charge in [-0.15, -0.1) is 0 Å². The van der Waals surface area contributed by atoms with Crippen LogP contribution in [0.4, 0.5) is 5.69 Å². The highest BCUT2D eigenvalue weighted by molar-refractivity contribution is 6.04. The molecule has 0 amide bonds. The van der Waals surface area contributed by atoms with Gasteiger partial charge in [0.15, 0.2) is 5.57 Å². The Morgan fingerprint density at radius 2 is 2.00 bits per heavy atom. The minimum absolute atomic E-state index is 0.205. The minimum atomic E-state index is -0.582. The third-order valence-electron chi connectivity index (χ3n) is 2.81. The van der Waals surface area contributed by atoms with Gasteiger partial charge in [0.1, 0.15) is 23.9 Å². The van der Waals surface area contributed by atoms with Gasteiger partial charge in [-0.3, -0.25) is 5.10 Å². The Labute approximate surface area is 124 Å². The quantitative estimate of drug-likeness (QED) is 0.646. The van der Waals surface area contributed by atoms with Crippen LogP contribution in [0.2, 0.25) is 0 Å². The van der Waals surface area contributed by atoms with Crippen molar-refractivity contribution in [1.29, 1.82) is 15.8 Å². The maximum Gasteiger partial charge on any atom is 0.340 e. The lowest BCUT2D eigenvalue weighted by Gasteiger charge is -2.08. The molecule has 0 bridgehead atoms. The largest absolute Gasteiger partial charge is 0.465 e. The second kappa shape index (κ2) is 6.08. The molecule has 2 N–H and O–H groups in total. The molecule has 8 heteroatoms. The molecule has 0 saturated heterocycles. The van der Waals surface area contributed by atoms with Crippen molar-refractivity contribution in [2.75, 3.05) is 12.4 Å². The molecule has 0 fully saturated rings. The van der Waals surface area contributed by atoms with Crippen LogP contribution in [0.3, 0.4) is 0 Å². The van der Waals surface area contributed by atoms with Crippen molar-refractivity contribution >= 4 is 22.6 Å². The van der Waals surface area contributed by atoms with Crippen LogP contribution in [0.25, 0.3) is 10.9 Å². The molecule has 2 rings (SSSR count). The van der Waals surface area contributed by atoms with Crippen LogP contribution in [-0.4, -0.2) is 23.3 Å². The summed E-state index contributed by atoms with van der Waals surface area (Å²) in [7, 11) is 1.24. The van der Waals surface area contributed by atoms with Gasteiger partial charge in [0.2, 0.25) is 0 Å². The Kier molecular flexibility index (Phi) is 4.03. The van der Waals surface area contributed by atoms with E-state index >= 15 is 0 Å². The number of ether oxygens (including phenoxy) is 1. The lowest BCUT2D eigenvalue weighted by Crippen LogP contribution is -2.05. The van der Waals surface area contributed by atoms with E-state index in [1.807, 2.05) is 0 Å². The summed E-state index contributed by atoms with van der Waals surface area (Å²) in [5.74, 6) is -0.582. The van der Waals surface area contributed by atoms with Crippen LogP contribution in [0, 0.1) is 34.0 Å². The number of fused-ring (bicyclic) bond motifs is 1. The zero-order valence-electron chi connectivity index (χ0n) is 11.3. The standard InChI is InChI=1S/C14H8N6O2/c1-22-14(21)11-3-10(2-8-7-18-20-13(8)11)19-12(6-17)9(4-15)5-16/h2-3,7,19H,1H3,(H,18,20). The normalized spacial score (nSPS) is 9.18. The van der Waals surface area contributed by atoms with E-state index in [1.165, 1.54) is 19.4 Å². The van der Waals surface area contributed by atoms with Crippen LogP contribution < -0.4 is 5.32 Å². The Balaban J connectivity index is 2.57. The average molecular weight is 292 g/mol. The number of nitrogens with one attached hydrogen (secondary N) is 2. The molecule has 0 saturated carbocycles. The number of carbonyl (C=O) groups is 1. The topological polar surface area (TPSA) is 138 Å². The van der Waals surface area contributed by atoms with Gasteiger partial charge in [-0.1, -0.05) is 0 Å². The van der Waals surface area contributed by atoms with Gasteiger partial charge in [-0.2, -0.15) is 20.9 Å². The zero-order valence-corrected chi connectivity index (χ0v) is 11.3. The van der Waals surface area contributed by atoms with Gasteiger partial charge in [-0.25, -0.2) is 4.79 Å². The van der Waals surface area contributed by atoms with Crippen molar-refractivity contribution in [2.24, 2.45) is 0 Å². The van der Waals surface area contributed by atoms with Gasteiger partial charge < -0.3 is 10.1 Å². The molecular weight excluding hydrogens is 284 g/mol. The van der Waals surface area contributed by atoms with E-state index in [-0.39, 0.29) is 16.8 Å². The Hall–Kier alpha value is -3.83. The maximum atomic E-state index is 11.8. The molecule has 2 aromatic rings. The van der Waals surface area contributed by atoms with Crippen molar-refractivity contribution in [2.45, 2.75) is 0 Å². The van der Waals surface area contributed by atoms with Crippen LogP contribution in [0.15, 0.2) is 29.6 Å². The van der Waals surface area contributed by atoms with E-state index in [2.05, 4.69) is 15.5 Å². The summed E-state index contributed by atoms with van der Waals surface area (Å²) in [4.78, 5) is 11.8. The van der Waals surface area contributed by atoms with E-state index < -0.39 is 5.97 Å². The van der Waals surface area contributed by atoms with E-state index in [0.717, 1.165) is 0 Å².